The number of nitrogens with zero attached hydrogens (tertiary/aromatic N) is 4. The Morgan fingerprint density at radius 1 is 0.903 bits per heavy atom. The van der Waals surface area contributed by atoms with Crippen LogP contribution in [0.3, 0.4) is 0 Å². The molecule has 0 radical (unpaired) electrons. The van der Waals surface area contributed by atoms with Crippen molar-refractivity contribution in [1.82, 2.24) is 14.0 Å². The van der Waals surface area contributed by atoms with Gasteiger partial charge in [0.1, 0.15) is 0 Å². The summed E-state index contributed by atoms with van der Waals surface area (Å²) in [7, 11) is 1.77. The number of hydrogen-bond acceptors (Lipinski definition) is 3. The summed E-state index contributed by atoms with van der Waals surface area (Å²) in [6.45, 7) is 4.15. The molecule has 2 aromatic carbocycles. The van der Waals surface area contributed by atoms with Crippen LogP contribution in [0.1, 0.15) is 5.56 Å². The summed E-state index contributed by atoms with van der Waals surface area (Å²) >= 11 is 0. The molecule has 0 amide bonds. The minimum atomic E-state index is -4.32. The molecule has 0 bridgehead atoms. The van der Waals surface area contributed by atoms with Gasteiger partial charge in [0.2, 0.25) is 0 Å². The zero-order chi connectivity index (χ0) is 22.0. The summed E-state index contributed by atoms with van der Waals surface area (Å²) < 4.78 is 42.2. The van der Waals surface area contributed by atoms with Gasteiger partial charge in [0.15, 0.2) is 0 Å². The van der Waals surface area contributed by atoms with Gasteiger partial charge in [0.05, 0.1) is 16.6 Å². The minimum absolute atomic E-state index is 0.0412. The topological polar surface area (TPSA) is 33.4 Å². The molecule has 1 aliphatic heterocycles. The van der Waals surface area contributed by atoms with Gasteiger partial charge in [0, 0.05) is 52.0 Å². The Balaban J connectivity index is 1.32. The van der Waals surface area contributed by atoms with Crippen LogP contribution in [-0.2, 0) is 19.8 Å². The van der Waals surface area contributed by atoms with E-state index in [2.05, 4.69) is 4.90 Å². The van der Waals surface area contributed by atoms with E-state index in [0.29, 0.717) is 25.3 Å². The van der Waals surface area contributed by atoms with Crippen LogP contribution in [0.2, 0.25) is 0 Å². The summed E-state index contributed by atoms with van der Waals surface area (Å²) in [6, 6.07) is 13.2. The fourth-order valence-electron chi connectivity index (χ4n) is 4.01. The lowest BCUT2D eigenvalue weighted by Crippen LogP contribution is -2.46. The molecule has 0 spiro atoms. The highest BCUT2D eigenvalue weighted by atomic mass is 19.4. The normalized spacial score (nSPS) is 15.9. The lowest BCUT2D eigenvalue weighted by molar-refractivity contribution is -0.137. The van der Waals surface area contributed by atoms with Gasteiger partial charge >= 0.3 is 11.9 Å². The Morgan fingerprint density at radius 3 is 2.29 bits per heavy atom. The molecular weight excluding hydrogens is 405 g/mol. The molecule has 31 heavy (non-hydrogen) atoms. The number of halogens is 3. The van der Waals surface area contributed by atoms with Gasteiger partial charge in [-0.15, -0.1) is 0 Å². The van der Waals surface area contributed by atoms with Crippen LogP contribution in [0.4, 0.5) is 18.9 Å². The number of para-hydroxylation sites is 2. The first-order chi connectivity index (χ1) is 14.8. The van der Waals surface area contributed by atoms with Gasteiger partial charge in [-0.3, -0.25) is 14.0 Å². The molecule has 0 N–H and O–H groups in total. The second-order valence-corrected chi connectivity index (χ2v) is 7.75. The van der Waals surface area contributed by atoms with Crippen molar-refractivity contribution in [1.29, 1.82) is 0 Å². The molecule has 1 aromatic heterocycles. The van der Waals surface area contributed by atoms with E-state index in [1.54, 1.807) is 22.2 Å². The van der Waals surface area contributed by atoms with Crippen LogP contribution < -0.4 is 10.6 Å². The second-order valence-electron chi connectivity index (χ2n) is 7.75. The summed E-state index contributed by atoms with van der Waals surface area (Å²) in [5, 5.41) is 0. The maximum atomic E-state index is 12.9. The minimum Gasteiger partial charge on any atom is -0.369 e. The summed E-state index contributed by atoms with van der Waals surface area (Å²) in [6.07, 6.45) is -0.282. The van der Waals surface area contributed by atoms with Crippen molar-refractivity contribution in [2.24, 2.45) is 7.05 Å². The monoisotopic (exact) mass is 430 g/mol. The summed E-state index contributed by atoms with van der Waals surface area (Å²) in [5.41, 5.74) is 1.78. The van der Waals surface area contributed by atoms with E-state index in [-0.39, 0.29) is 5.69 Å². The predicted molar refractivity (Wildman–Crippen MR) is 116 cm³/mol. The number of aromatic nitrogens is 2. The van der Waals surface area contributed by atoms with Crippen molar-refractivity contribution in [2.45, 2.75) is 12.7 Å². The van der Waals surface area contributed by atoms with Gasteiger partial charge in [-0.1, -0.05) is 30.4 Å². The second kappa shape index (κ2) is 8.63. The number of allylic oxidation sites excluding steroid dienone is 1. The highest BCUT2D eigenvalue weighted by Gasteiger charge is 2.31. The van der Waals surface area contributed by atoms with Crippen molar-refractivity contribution >= 4 is 16.7 Å². The van der Waals surface area contributed by atoms with E-state index in [9.17, 15) is 18.0 Å². The van der Waals surface area contributed by atoms with E-state index in [1.807, 2.05) is 41.3 Å². The fraction of sp³-hybridized carbons (Fsp3) is 0.348. The van der Waals surface area contributed by atoms with Crippen molar-refractivity contribution in [3.63, 3.8) is 0 Å². The first-order valence-corrected chi connectivity index (χ1v) is 10.3. The Morgan fingerprint density at radius 2 is 1.58 bits per heavy atom. The SMILES string of the molecule is Cn1c(=O)n(C/C=C\CN2CCN(c3cccc(C(F)(F)F)c3)CC2)c2ccccc21. The number of aryl methyl sites for hydroxylation is 1. The van der Waals surface area contributed by atoms with Crippen molar-refractivity contribution in [3.05, 3.63) is 76.7 Å². The highest BCUT2D eigenvalue weighted by molar-refractivity contribution is 5.75. The molecule has 3 aromatic rings. The third-order valence-corrected chi connectivity index (χ3v) is 5.78. The smallest absolute Gasteiger partial charge is 0.369 e. The fourth-order valence-corrected chi connectivity index (χ4v) is 4.01. The molecule has 1 aliphatic rings. The molecule has 1 saturated heterocycles. The first kappa shape index (κ1) is 21.2. The predicted octanol–water partition coefficient (Wildman–Crippen LogP) is 3.74. The van der Waals surface area contributed by atoms with Crippen molar-refractivity contribution in [3.8, 4) is 0 Å². The number of hydrogen-bond donors (Lipinski definition) is 0. The van der Waals surface area contributed by atoms with E-state index in [4.69, 9.17) is 0 Å². The van der Waals surface area contributed by atoms with Crippen LogP contribution in [0.15, 0.2) is 65.5 Å². The molecule has 8 heteroatoms. The van der Waals surface area contributed by atoms with E-state index in [1.165, 1.54) is 12.1 Å². The molecule has 0 aliphatic carbocycles. The van der Waals surface area contributed by atoms with Gasteiger partial charge in [-0.05, 0) is 30.3 Å². The summed E-state index contributed by atoms with van der Waals surface area (Å²) in [5.74, 6) is 0. The quantitative estimate of drug-likeness (QED) is 0.579. The number of anilines is 1. The zero-order valence-electron chi connectivity index (χ0n) is 17.3. The Hall–Kier alpha value is -3.00. The molecule has 0 unspecified atom stereocenters. The molecule has 1 fully saturated rings. The number of alkyl halides is 3. The Kier molecular flexibility index (Phi) is 5.91. The average molecular weight is 430 g/mol. The Labute approximate surface area is 178 Å². The number of fused-ring (bicyclic) bond motifs is 1. The molecule has 2 heterocycles. The van der Waals surface area contributed by atoms with Crippen molar-refractivity contribution < 1.29 is 13.2 Å². The van der Waals surface area contributed by atoms with Crippen LogP contribution in [0, 0.1) is 0 Å². The molecule has 0 saturated carbocycles. The molecule has 4 rings (SSSR count). The zero-order valence-corrected chi connectivity index (χ0v) is 17.3. The van der Waals surface area contributed by atoms with Crippen LogP contribution in [0.25, 0.3) is 11.0 Å². The van der Waals surface area contributed by atoms with E-state index >= 15 is 0 Å². The maximum Gasteiger partial charge on any atom is 0.416 e. The average Bonchev–Trinajstić information content (AvgIpc) is 3.01. The van der Waals surface area contributed by atoms with Gasteiger partial charge in [0.25, 0.3) is 0 Å². The molecule has 5 nitrogen and oxygen atoms in total. The largest absolute Gasteiger partial charge is 0.416 e. The standard InChI is InChI=1S/C23H25F3N4O/c1-27-20-9-2-3-10-21(20)30(22(27)31)12-5-4-11-28-13-15-29(16-14-28)19-8-6-7-18(17-19)23(24,25)26/h2-10,17H,11-16H2,1H3/b5-4-. The lowest BCUT2D eigenvalue weighted by Gasteiger charge is -2.35. The number of imidazole rings is 1. The van der Waals surface area contributed by atoms with Crippen molar-refractivity contribution in [2.75, 3.05) is 37.6 Å². The van der Waals surface area contributed by atoms with E-state index < -0.39 is 11.7 Å². The molecular formula is C23H25F3N4O. The number of piperazine rings is 1. The van der Waals surface area contributed by atoms with Crippen LogP contribution in [0.5, 0.6) is 0 Å². The van der Waals surface area contributed by atoms with Crippen LogP contribution in [-0.4, -0.2) is 46.8 Å². The van der Waals surface area contributed by atoms with Gasteiger partial charge in [-0.25, -0.2) is 4.79 Å². The number of rotatable bonds is 5. The summed E-state index contributed by atoms with van der Waals surface area (Å²) in [4.78, 5) is 16.7. The Bertz CT molecular complexity index is 1140. The maximum absolute atomic E-state index is 12.9. The third kappa shape index (κ3) is 4.54. The van der Waals surface area contributed by atoms with Gasteiger partial charge in [-0.2, -0.15) is 13.2 Å². The van der Waals surface area contributed by atoms with Gasteiger partial charge < -0.3 is 4.90 Å². The van der Waals surface area contributed by atoms with E-state index in [0.717, 1.165) is 36.7 Å². The third-order valence-electron chi connectivity index (χ3n) is 5.78. The molecule has 164 valence electrons. The first-order valence-electron chi connectivity index (χ1n) is 10.3. The lowest BCUT2D eigenvalue weighted by atomic mass is 10.1. The number of benzene rings is 2. The van der Waals surface area contributed by atoms with Crippen LogP contribution >= 0.6 is 0 Å². The highest BCUT2D eigenvalue weighted by Crippen LogP contribution is 2.31. The molecule has 0 atom stereocenters.